The molecule has 0 aliphatic carbocycles. The summed E-state index contributed by atoms with van der Waals surface area (Å²) in [4.78, 5) is 0. The van der Waals surface area contributed by atoms with E-state index >= 15 is 0 Å². The molecule has 0 aliphatic rings. The summed E-state index contributed by atoms with van der Waals surface area (Å²) in [5, 5.41) is 10.4. The molecule has 94 valence electrons. The van der Waals surface area contributed by atoms with Crippen LogP contribution in [0, 0.1) is 0 Å². The lowest BCUT2D eigenvalue weighted by molar-refractivity contribution is 0.220. The standard InChI is InChI=1S/C16H17BrO/c1-2-4-12-5-3-6-14(11-12)16(18)13-7-9-15(17)10-8-13/h3,5-11,16,18H,2,4H2,1H3. The number of hydrogen-bond acceptors (Lipinski definition) is 1. The van der Waals surface area contributed by atoms with Crippen molar-refractivity contribution in [2.75, 3.05) is 0 Å². The lowest BCUT2D eigenvalue weighted by Crippen LogP contribution is -2.00. The Balaban J connectivity index is 2.24. The van der Waals surface area contributed by atoms with Gasteiger partial charge < -0.3 is 5.11 Å². The molecule has 18 heavy (non-hydrogen) atoms. The molecule has 0 saturated heterocycles. The summed E-state index contributed by atoms with van der Waals surface area (Å²) in [5.41, 5.74) is 3.17. The van der Waals surface area contributed by atoms with Gasteiger partial charge in [0.1, 0.15) is 6.10 Å². The zero-order chi connectivity index (χ0) is 13.0. The van der Waals surface area contributed by atoms with Crippen LogP contribution in [0.3, 0.4) is 0 Å². The van der Waals surface area contributed by atoms with Crippen LogP contribution in [-0.4, -0.2) is 5.11 Å². The first-order valence-corrected chi connectivity index (χ1v) is 7.02. The Morgan fingerprint density at radius 1 is 1.06 bits per heavy atom. The molecule has 2 aromatic carbocycles. The van der Waals surface area contributed by atoms with Gasteiger partial charge in [0.2, 0.25) is 0 Å². The van der Waals surface area contributed by atoms with Crippen molar-refractivity contribution in [3.8, 4) is 0 Å². The van der Waals surface area contributed by atoms with Crippen LogP contribution >= 0.6 is 15.9 Å². The molecule has 0 radical (unpaired) electrons. The molecule has 0 aliphatic heterocycles. The van der Waals surface area contributed by atoms with Gasteiger partial charge in [-0.25, -0.2) is 0 Å². The fourth-order valence-corrected chi connectivity index (χ4v) is 2.31. The molecule has 1 unspecified atom stereocenters. The monoisotopic (exact) mass is 304 g/mol. The minimum absolute atomic E-state index is 0.546. The summed E-state index contributed by atoms with van der Waals surface area (Å²) >= 11 is 3.40. The highest BCUT2D eigenvalue weighted by Crippen LogP contribution is 2.24. The average molecular weight is 305 g/mol. The second-order valence-corrected chi connectivity index (χ2v) is 5.36. The van der Waals surface area contributed by atoms with E-state index in [-0.39, 0.29) is 0 Å². The maximum Gasteiger partial charge on any atom is 0.104 e. The summed E-state index contributed by atoms with van der Waals surface area (Å²) in [6.45, 7) is 2.16. The topological polar surface area (TPSA) is 20.2 Å². The summed E-state index contributed by atoms with van der Waals surface area (Å²) in [7, 11) is 0. The van der Waals surface area contributed by atoms with Crippen molar-refractivity contribution in [1.29, 1.82) is 0 Å². The Labute approximate surface area is 117 Å². The summed E-state index contributed by atoms with van der Waals surface area (Å²) in [6, 6.07) is 16.0. The van der Waals surface area contributed by atoms with Gasteiger partial charge in [0.25, 0.3) is 0 Å². The van der Waals surface area contributed by atoms with Gasteiger partial charge in [-0.15, -0.1) is 0 Å². The fourth-order valence-electron chi connectivity index (χ4n) is 2.04. The van der Waals surface area contributed by atoms with Crippen LogP contribution in [0.15, 0.2) is 53.0 Å². The number of benzene rings is 2. The molecule has 0 amide bonds. The first-order valence-electron chi connectivity index (χ1n) is 6.23. The van der Waals surface area contributed by atoms with Crippen LogP contribution < -0.4 is 0 Å². The SMILES string of the molecule is CCCc1cccc(C(O)c2ccc(Br)cc2)c1. The maximum atomic E-state index is 10.4. The molecule has 2 rings (SSSR count). The molecule has 1 N–H and O–H groups in total. The second kappa shape index (κ2) is 6.17. The normalized spacial score (nSPS) is 12.4. The van der Waals surface area contributed by atoms with Crippen molar-refractivity contribution in [3.63, 3.8) is 0 Å². The van der Waals surface area contributed by atoms with Gasteiger partial charge in [-0.05, 0) is 35.2 Å². The van der Waals surface area contributed by atoms with Crippen LogP contribution in [0.5, 0.6) is 0 Å². The number of rotatable bonds is 4. The largest absolute Gasteiger partial charge is 0.384 e. The minimum atomic E-state index is -0.546. The predicted octanol–water partition coefficient (Wildman–Crippen LogP) is 4.48. The molecule has 0 spiro atoms. The van der Waals surface area contributed by atoms with Crippen molar-refractivity contribution in [3.05, 3.63) is 69.7 Å². The van der Waals surface area contributed by atoms with E-state index in [1.165, 1.54) is 5.56 Å². The van der Waals surface area contributed by atoms with Gasteiger partial charge in [-0.2, -0.15) is 0 Å². The average Bonchev–Trinajstić information content (AvgIpc) is 2.39. The van der Waals surface area contributed by atoms with E-state index in [1.54, 1.807) is 0 Å². The van der Waals surface area contributed by atoms with Crippen molar-refractivity contribution in [2.45, 2.75) is 25.9 Å². The molecule has 2 heteroatoms. The maximum absolute atomic E-state index is 10.4. The zero-order valence-electron chi connectivity index (χ0n) is 10.4. The quantitative estimate of drug-likeness (QED) is 0.883. The van der Waals surface area contributed by atoms with Crippen LogP contribution in [-0.2, 0) is 6.42 Å². The Bertz CT molecular complexity index is 505. The molecule has 0 fully saturated rings. The second-order valence-electron chi connectivity index (χ2n) is 4.45. The van der Waals surface area contributed by atoms with Gasteiger partial charge >= 0.3 is 0 Å². The van der Waals surface area contributed by atoms with Gasteiger partial charge in [-0.3, -0.25) is 0 Å². The van der Waals surface area contributed by atoms with E-state index < -0.39 is 6.10 Å². The molecule has 2 aromatic rings. The van der Waals surface area contributed by atoms with Crippen LogP contribution in [0.1, 0.15) is 36.1 Å². The highest BCUT2D eigenvalue weighted by atomic mass is 79.9. The van der Waals surface area contributed by atoms with E-state index in [1.807, 2.05) is 36.4 Å². The molecular formula is C16H17BrO. The summed E-state index contributed by atoms with van der Waals surface area (Å²) in [6.07, 6.45) is 1.63. The van der Waals surface area contributed by atoms with E-state index in [2.05, 4.69) is 35.0 Å². The third-order valence-electron chi connectivity index (χ3n) is 2.99. The highest BCUT2D eigenvalue weighted by molar-refractivity contribution is 9.10. The Kier molecular flexibility index (Phi) is 4.56. The molecule has 0 saturated carbocycles. The number of aliphatic hydroxyl groups is 1. The first kappa shape index (κ1) is 13.3. The smallest absolute Gasteiger partial charge is 0.104 e. The van der Waals surface area contributed by atoms with Gasteiger partial charge in [0, 0.05) is 4.47 Å². The van der Waals surface area contributed by atoms with E-state index in [4.69, 9.17) is 0 Å². The lowest BCUT2D eigenvalue weighted by Gasteiger charge is -2.13. The molecular weight excluding hydrogens is 288 g/mol. The molecule has 1 atom stereocenters. The number of hydrogen-bond donors (Lipinski definition) is 1. The van der Waals surface area contributed by atoms with Crippen molar-refractivity contribution < 1.29 is 5.11 Å². The Morgan fingerprint density at radius 2 is 1.78 bits per heavy atom. The zero-order valence-corrected chi connectivity index (χ0v) is 12.0. The summed E-state index contributed by atoms with van der Waals surface area (Å²) in [5.74, 6) is 0. The van der Waals surface area contributed by atoms with Gasteiger partial charge in [0.15, 0.2) is 0 Å². The van der Waals surface area contributed by atoms with Crippen molar-refractivity contribution in [1.82, 2.24) is 0 Å². The van der Waals surface area contributed by atoms with E-state index in [0.717, 1.165) is 28.4 Å². The van der Waals surface area contributed by atoms with Gasteiger partial charge in [0.05, 0.1) is 0 Å². The lowest BCUT2D eigenvalue weighted by atomic mass is 9.98. The minimum Gasteiger partial charge on any atom is -0.384 e. The van der Waals surface area contributed by atoms with E-state index in [9.17, 15) is 5.11 Å². The van der Waals surface area contributed by atoms with Gasteiger partial charge in [-0.1, -0.05) is 65.7 Å². The van der Waals surface area contributed by atoms with Crippen LogP contribution in [0.2, 0.25) is 0 Å². The van der Waals surface area contributed by atoms with Crippen LogP contribution in [0.4, 0.5) is 0 Å². The highest BCUT2D eigenvalue weighted by Gasteiger charge is 2.10. The third kappa shape index (κ3) is 3.21. The Morgan fingerprint density at radius 3 is 2.44 bits per heavy atom. The number of aliphatic hydroxyl groups excluding tert-OH is 1. The summed E-state index contributed by atoms with van der Waals surface area (Å²) < 4.78 is 1.03. The number of aryl methyl sites for hydroxylation is 1. The fraction of sp³-hybridized carbons (Fsp3) is 0.250. The van der Waals surface area contributed by atoms with Crippen LogP contribution in [0.25, 0.3) is 0 Å². The predicted molar refractivity (Wildman–Crippen MR) is 78.6 cm³/mol. The molecule has 0 heterocycles. The third-order valence-corrected chi connectivity index (χ3v) is 3.52. The number of halogens is 1. The first-order chi connectivity index (χ1) is 8.70. The van der Waals surface area contributed by atoms with Crippen molar-refractivity contribution in [2.24, 2.45) is 0 Å². The molecule has 1 nitrogen and oxygen atoms in total. The molecule has 0 bridgehead atoms. The van der Waals surface area contributed by atoms with Crippen molar-refractivity contribution >= 4 is 15.9 Å². The Hall–Kier alpha value is -1.12. The van der Waals surface area contributed by atoms with E-state index in [0.29, 0.717) is 0 Å². The molecule has 0 aromatic heterocycles.